The highest BCUT2D eigenvalue weighted by Gasteiger charge is 2.16. The van der Waals surface area contributed by atoms with E-state index < -0.39 is 10.0 Å². The third-order valence-electron chi connectivity index (χ3n) is 2.33. The van der Waals surface area contributed by atoms with E-state index in [4.69, 9.17) is 0 Å². The van der Waals surface area contributed by atoms with E-state index in [1.54, 1.807) is 18.2 Å². The Hall–Kier alpha value is -1.66. The van der Waals surface area contributed by atoms with Crippen molar-refractivity contribution in [3.63, 3.8) is 0 Å². The summed E-state index contributed by atoms with van der Waals surface area (Å²) in [5.74, 6) is -0.295. The molecular formula is C12H16N2O3S. The van der Waals surface area contributed by atoms with Gasteiger partial charge in [0.1, 0.15) is 0 Å². The standard InChI is InChI=1S/C12H16N2O3S/c1-4-12(15)13-9-10-6-5-7-11(8-10)18(16,17)14(2)3/h4-8H,1,9H2,2-3H3,(H,13,15). The molecule has 0 aliphatic rings. The van der Waals surface area contributed by atoms with Gasteiger partial charge in [0.15, 0.2) is 0 Å². The summed E-state index contributed by atoms with van der Waals surface area (Å²) in [6.07, 6.45) is 1.17. The molecule has 0 saturated heterocycles. The van der Waals surface area contributed by atoms with Crippen LogP contribution in [-0.4, -0.2) is 32.7 Å². The molecule has 1 N–H and O–H groups in total. The van der Waals surface area contributed by atoms with E-state index in [2.05, 4.69) is 11.9 Å². The van der Waals surface area contributed by atoms with Gasteiger partial charge in [-0.2, -0.15) is 0 Å². The zero-order chi connectivity index (χ0) is 13.8. The normalized spacial score (nSPS) is 11.3. The summed E-state index contributed by atoms with van der Waals surface area (Å²) in [5.41, 5.74) is 0.716. The van der Waals surface area contributed by atoms with Gasteiger partial charge >= 0.3 is 0 Å². The Kier molecular flexibility index (Phi) is 4.63. The van der Waals surface area contributed by atoms with Crippen LogP contribution < -0.4 is 5.32 Å². The van der Waals surface area contributed by atoms with E-state index in [1.807, 2.05) is 0 Å². The molecule has 1 aromatic rings. The number of nitrogens with one attached hydrogen (secondary N) is 1. The third kappa shape index (κ3) is 3.41. The first-order chi connectivity index (χ1) is 8.37. The van der Waals surface area contributed by atoms with E-state index in [-0.39, 0.29) is 17.3 Å². The second kappa shape index (κ2) is 5.79. The smallest absolute Gasteiger partial charge is 0.243 e. The Morgan fingerprint density at radius 1 is 1.44 bits per heavy atom. The van der Waals surface area contributed by atoms with Gasteiger partial charge in [0.05, 0.1) is 4.90 Å². The molecule has 0 aliphatic carbocycles. The first kappa shape index (κ1) is 14.4. The summed E-state index contributed by atoms with van der Waals surface area (Å²) < 4.78 is 24.9. The molecule has 0 spiro atoms. The number of carbonyl (C=O) groups excluding carboxylic acids is 1. The van der Waals surface area contributed by atoms with Gasteiger partial charge in [-0.15, -0.1) is 0 Å². The molecule has 98 valence electrons. The van der Waals surface area contributed by atoms with Crippen molar-refractivity contribution in [1.29, 1.82) is 0 Å². The van der Waals surface area contributed by atoms with Crippen molar-refractivity contribution in [2.45, 2.75) is 11.4 Å². The number of hydrogen-bond donors (Lipinski definition) is 1. The Morgan fingerprint density at radius 3 is 2.67 bits per heavy atom. The van der Waals surface area contributed by atoms with Crippen LogP contribution in [0.4, 0.5) is 0 Å². The molecule has 0 radical (unpaired) electrons. The minimum atomic E-state index is -3.44. The van der Waals surface area contributed by atoms with Gasteiger partial charge in [-0.3, -0.25) is 4.79 Å². The van der Waals surface area contributed by atoms with Crippen LogP contribution >= 0.6 is 0 Å². The highest BCUT2D eigenvalue weighted by molar-refractivity contribution is 7.89. The second-order valence-corrected chi connectivity index (χ2v) is 6.01. The summed E-state index contributed by atoms with van der Waals surface area (Å²) in [6, 6.07) is 6.46. The average Bonchev–Trinajstić information content (AvgIpc) is 2.36. The van der Waals surface area contributed by atoms with Crippen LogP contribution in [-0.2, 0) is 21.4 Å². The van der Waals surface area contributed by atoms with Crippen molar-refractivity contribution < 1.29 is 13.2 Å². The Labute approximate surface area is 107 Å². The fourth-order valence-corrected chi connectivity index (χ4v) is 2.26. The number of nitrogens with zero attached hydrogens (tertiary/aromatic N) is 1. The van der Waals surface area contributed by atoms with Gasteiger partial charge in [-0.1, -0.05) is 18.7 Å². The summed E-state index contributed by atoms with van der Waals surface area (Å²) >= 11 is 0. The van der Waals surface area contributed by atoms with Gasteiger partial charge in [0, 0.05) is 20.6 Å². The van der Waals surface area contributed by atoms with Gasteiger partial charge in [-0.25, -0.2) is 12.7 Å². The molecular weight excluding hydrogens is 252 g/mol. The lowest BCUT2D eigenvalue weighted by atomic mass is 10.2. The van der Waals surface area contributed by atoms with Crippen LogP contribution in [0.2, 0.25) is 0 Å². The summed E-state index contributed by atoms with van der Waals surface area (Å²) in [4.78, 5) is 11.2. The molecule has 1 amide bonds. The number of rotatable bonds is 5. The predicted octanol–water partition coefficient (Wildman–Crippen LogP) is 0.739. The number of carbonyl (C=O) groups is 1. The van der Waals surface area contributed by atoms with Crippen molar-refractivity contribution in [1.82, 2.24) is 9.62 Å². The number of amides is 1. The van der Waals surface area contributed by atoms with Crippen molar-refractivity contribution in [3.8, 4) is 0 Å². The van der Waals surface area contributed by atoms with E-state index in [1.165, 1.54) is 26.2 Å². The SMILES string of the molecule is C=CC(=O)NCc1cccc(S(=O)(=O)N(C)C)c1. The van der Waals surface area contributed by atoms with Crippen molar-refractivity contribution in [2.75, 3.05) is 14.1 Å². The fourth-order valence-electron chi connectivity index (χ4n) is 1.29. The lowest BCUT2D eigenvalue weighted by Gasteiger charge is -2.12. The van der Waals surface area contributed by atoms with Crippen molar-refractivity contribution in [2.24, 2.45) is 0 Å². The molecule has 1 rings (SSSR count). The van der Waals surface area contributed by atoms with E-state index >= 15 is 0 Å². The predicted molar refractivity (Wildman–Crippen MR) is 69.4 cm³/mol. The van der Waals surface area contributed by atoms with E-state index in [0.717, 1.165) is 4.31 Å². The lowest BCUT2D eigenvalue weighted by molar-refractivity contribution is -0.116. The molecule has 5 nitrogen and oxygen atoms in total. The summed E-state index contributed by atoms with van der Waals surface area (Å²) in [6.45, 7) is 3.60. The maximum atomic E-state index is 11.9. The van der Waals surface area contributed by atoms with E-state index in [0.29, 0.717) is 5.56 Å². The third-order valence-corrected chi connectivity index (χ3v) is 4.14. The number of hydrogen-bond acceptors (Lipinski definition) is 3. The first-order valence-electron chi connectivity index (χ1n) is 5.29. The first-order valence-corrected chi connectivity index (χ1v) is 6.73. The summed E-state index contributed by atoms with van der Waals surface area (Å²) in [5, 5.41) is 2.59. The second-order valence-electron chi connectivity index (χ2n) is 3.86. The fraction of sp³-hybridized carbons (Fsp3) is 0.250. The van der Waals surface area contributed by atoms with Gasteiger partial charge < -0.3 is 5.32 Å². The van der Waals surface area contributed by atoms with Crippen LogP contribution in [0.1, 0.15) is 5.56 Å². The largest absolute Gasteiger partial charge is 0.348 e. The van der Waals surface area contributed by atoms with E-state index in [9.17, 15) is 13.2 Å². The van der Waals surface area contributed by atoms with Crippen LogP contribution in [0.5, 0.6) is 0 Å². The van der Waals surface area contributed by atoms with Crippen LogP contribution in [0.15, 0.2) is 41.8 Å². The molecule has 1 aromatic carbocycles. The molecule has 0 fully saturated rings. The van der Waals surface area contributed by atoms with Gasteiger partial charge in [-0.05, 0) is 23.8 Å². The maximum Gasteiger partial charge on any atom is 0.243 e. The number of sulfonamides is 1. The molecule has 0 atom stereocenters. The molecule has 0 saturated carbocycles. The topological polar surface area (TPSA) is 66.5 Å². The van der Waals surface area contributed by atoms with Crippen LogP contribution in [0.25, 0.3) is 0 Å². The zero-order valence-electron chi connectivity index (χ0n) is 10.4. The van der Waals surface area contributed by atoms with Crippen molar-refractivity contribution >= 4 is 15.9 Å². The molecule has 6 heteroatoms. The Balaban J connectivity index is 2.93. The quantitative estimate of drug-likeness (QED) is 0.801. The molecule has 0 heterocycles. The zero-order valence-corrected chi connectivity index (χ0v) is 11.2. The minimum Gasteiger partial charge on any atom is -0.348 e. The molecule has 18 heavy (non-hydrogen) atoms. The Morgan fingerprint density at radius 2 is 2.11 bits per heavy atom. The highest BCUT2D eigenvalue weighted by atomic mass is 32.2. The van der Waals surface area contributed by atoms with Crippen LogP contribution in [0.3, 0.4) is 0 Å². The van der Waals surface area contributed by atoms with Gasteiger partial charge in [0.25, 0.3) is 0 Å². The minimum absolute atomic E-state index is 0.206. The molecule has 0 bridgehead atoms. The number of benzene rings is 1. The van der Waals surface area contributed by atoms with Crippen LogP contribution in [0, 0.1) is 0 Å². The monoisotopic (exact) mass is 268 g/mol. The highest BCUT2D eigenvalue weighted by Crippen LogP contribution is 2.14. The average molecular weight is 268 g/mol. The molecule has 0 aliphatic heterocycles. The summed E-state index contributed by atoms with van der Waals surface area (Å²) in [7, 11) is -0.496. The maximum absolute atomic E-state index is 11.9. The molecule has 0 aromatic heterocycles. The van der Waals surface area contributed by atoms with Crippen molar-refractivity contribution in [3.05, 3.63) is 42.5 Å². The Bertz CT molecular complexity index is 550. The molecule has 0 unspecified atom stereocenters. The lowest BCUT2D eigenvalue weighted by Crippen LogP contribution is -2.23. The van der Waals surface area contributed by atoms with Gasteiger partial charge in [0.2, 0.25) is 15.9 Å².